The second kappa shape index (κ2) is 10.3. The summed E-state index contributed by atoms with van der Waals surface area (Å²) in [5, 5.41) is 3.55. The third-order valence-electron chi connectivity index (χ3n) is 5.22. The average molecular weight is 469 g/mol. The number of anilines is 3. The Bertz CT molecular complexity index is 1120. The molecule has 2 amide bonds. The average Bonchev–Trinajstić information content (AvgIpc) is 2.82. The molecule has 0 aliphatic carbocycles. The van der Waals surface area contributed by atoms with Crippen LogP contribution in [0.15, 0.2) is 42.9 Å². The van der Waals surface area contributed by atoms with Crippen molar-refractivity contribution in [1.29, 1.82) is 0 Å². The highest BCUT2D eigenvalue weighted by atomic mass is 35.5. The molecule has 0 radical (unpaired) electrons. The fourth-order valence-electron chi connectivity index (χ4n) is 3.52. The van der Waals surface area contributed by atoms with Gasteiger partial charge in [0.1, 0.15) is 6.61 Å². The van der Waals surface area contributed by atoms with Gasteiger partial charge in [-0.3, -0.25) is 0 Å². The van der Waals surface area contributed by atoms with E-state index in [-0.39, 0.29) is 18.6 Å². The first-order chi connectivity index (χ1) is 16.0. The number of nitrogens with two attached hydrogens (primary N) is 1. The number of rotatable bonds is 6. The monoisotopic (exact) mass is 468 g/mol. The smallest absolute Gasteiger partial charge is 0.321 e. The zero-order valence-electron chi connectivity index (χ0n) is 18.2. The Morgan fingerprint density at radius 2 is 1.91 bits per heavy atom. The van der Waals surface area contributed by atoms with Crippen LogP contribution in [0.25, 0.3) is 0 Å². The van der Waals surface area contributed by atoms with Gasteiger partial charge in [0.05, 0.1) is 5.69 Å². The zero-order valence-corrected chi connectivity index (χ0v) is 19.0. The highest BCUT2D eigenvalue weighted by Gasteiger charge is 2.24. The van der Waals surface area contributed by atoms with Gasteiger partial charge in [0.2, 0.25) is 5.95 Å². The summed E-state index contributed by atoms with van der Waals surface area (Å²) in [7, 11) is 0. The molecule has 3 aromatic rings. The van der Waals surface area contributed by atoms with E-state index in [2.05, 4.69) is 30.2 Å². The topological polar surface area (TPSA) is 122 Å². The highest BCUT2D eigenvalue weighted by Crippen LogP contribution is 2.25. The Kier molecular flexibility index (Phi) is 7.04. The number of aryl methyl sites for hydroxylation is 1. The van der Waals surface area contributed by atoms with Gasteiger partial charge >= 0.3 is 6.03 Å². The fraction of sp³-hybridized carbons (Fsp3) is 0.318. The second-order valence-electron chi connectivity index (χ2n) is 7.49. The fourth-order valence-corrected chi connectivity index (χ4v) is 3.78. The minimum absolute atomic E-state index is 0.157. The van der Waals surface area contributed by atoms with E-state index in [1.54, 1.807) is 35.6 Å². The van der Waals surface area contributed by atoms with Gasteiger partial charge in [-0.05, 0) is 36.2 Å². The molecule has 1 aliphatic heterocycles. The molecule has 1 aromatic carbocycles. The summed E-state index contributed by atoms with van der Waals surface area (Å²) in [5.74, 6) is 1.22. The Labute approximate surface area is 196 Å². The number of carbonyl (C=O) groups is 1. The maximum Gasteiger partial charge on any atom is 0.321 e. The van der Waals surface area contributed by atoms with Crippen LogP contribution in [-0.2, 0) is 13.0 Å². The molecule has 0 atom stereocenters. The van der Waals surface area contributed by atoms with E-state index >= 15 is 0 Å². The number of hydrogen-bond donors (Lipinski definition) is 2. The van der Waals surface area contributed by atoms with Crippen LogP contribution in [0.5, 0.6) is 5.88 Å². The summed E-state index contributed by atoms with van der Waals surface area (Å²) in [6, 6.07) is 7.16. The number of ether oxygens (including phenoxy) is 1. The number of nitrogens with one attached hydrogen (secondary N) is 1. The molecule has 1 aliphatic rings. The Hall–Kier alpha value is -3.66. The van der Waals surface area contributed by atoms with E-state index < -0.39 is 0 Å². The Morgan fingerprint density at radius 1 is 1.12 bits per heavy atom. The molecule has 172 valence electrons. The van der Waals surface area contributed by atoms with Gasteiger partial charge in [-0.15, -0.1) is 0 Å². The molecule has 3 N–H and O–H groups in total. The van der Waals surface area contributed by atoms with Crippen molar-refractivity contribution in [3.8, 4) is 5.88 Å². The Balaban J connectivity index is 1.36. The van der Waals surface area contributed by atoms with Crippen molar-refractivity contribution in [3.05, 3.63) is 59.1 Å². The lowest BCUT2D eigenvalue weighted by Gasteiger charge is -2.35. The van der Waals surface area contributed by atoms with Crippen LogP contribution >= 0.6 is 11.6 Å². The first-order valence-electron chi connectivity index (χ1n) is 10.6. The standard InChI is InChI=1S/C22H25ClN8O2/c1-2-15-11-16(23)13-18(12-15)29-22(32)31-9-7-30(8-10-31)19-20(26-6-5-25-19)33-14-17-3-4-27-21(24)28-17/h3-6,11-13H,2,7-10,14H2,1H3,(H,29,32)(H2,24,27,28). The molecule has 0 bridgehead atoms. The molecule has 2 aromatic heterocycles. The molecule has 3 heterocycles. The van der Waals surface area contributed by atoms with Gasteiger partial charge in [-0.1, -0.05) is 18.5 Å². The molecular formula is C22H25ClN8O2. The molecule has 0 spiro atoms. The second-order valence-corrected chi connectivity index (χ2v) is 7.92. The molecular weight excluding hydrogens is 444 g/mol. The van der Waals surface area contributed by atoms with Crippen LogP contribution in [0, 0.1) is 0 Å². The van der Waals surface area contributed by atoms with E-state index in [0.29, 0.717) is 54.3 Å². The summed E-state index contributed by atoms with van der Waals surface area (Å²) in [6.45, 7) is 4.50. The number of aromatic nitrogens is 4. The molecule has 1 fully saturated rings. The minimum atomic E-state index is -0.157. The number of nitrogen functional groups attached to an aromatic ring is 1. The van der Waals surface area contributed by atoms with Gasteiger partial charge in [-0.25, -0.2) is 24.7 Å². The summed E-state index contributed by atoms with van der Waals surface area (Å²) in [5.41, 5.74) is 8.04. The minimum Gasteiger partial charge on any atom is -0.469 e. The molecule has 0 saturated carbocycles. The largest absolute Gasteiger partial charge is 0.469 e. The van der Waals surface area contributed by atoms with Crippen molar-refractivity contribution in [2.75, 3.05) is 42.1 Å². The normalized spacial score (nSPS) is 13.6. The van der Waals surface area contributed by atoms with Crippen molar-refractivity contribution >= 4 is 35.1 Å². The maximum absolute atomic E-state index is 12.8. The quantitative estimate of drug-likeness (QED) is 0.566. The van der Waals surface area contributed by atoms with Gasteiger partial charge in [-0.2, -0.15) is 0 Å². The number of urea groups is 1. The van der Waals surface area contributed by atoms with Crippen molar-refractivity contribution < 1.29 is 9.53 Å². The first kappa shape index (κ1) is 22.5. The first-order valence-corrected chi connectivity index (χ1v) is 11.0. The van der Waals surface area contributed by atoms with Crippen molar-refractivity contribution in [1.82, 2.24) is 24.8 Å². The summed E-state index contributed by atoms with van der Waals surface area (Å²) in [6.07, 6.45) is 5.62. The number of amides is 2. The van der Waals surface area contributed by atoms with E-state index in [1.807, 2.05) is 19.1 Å². The van der Waals surface area contributed by atoms with Gasteiger partial charge < -0.3 is 25.6 Å². The predicted molar refractivity (Wildman–Crippen MR) is 126 cm³/mol. The number of piperazine rings is 1. The number of carbonyl (C=O) groups excluding carboxylic acids is 1. The van der Waals surface area contributed by atoms with E-state index in [9.17, 15) is 4.79 Å². The molecule has 0 unspecified atom stereocenters. The maximum atomic E-state index is 12.8. The lowest BCUT2D eigenvalue weighted by Crippen LogP contribution is -2.50. The van der Waals surface area contributed by atoms with E-state index in [4.69, 9.17) is 22.1 Å². The summed E-state index contributed by atoms with van der Waals surface area (Å²) < 4.78 is 5.85. The van der Waals surface area contributed by atoms with Crippen LogP contribution in [0.4, 0.5) is 22.2 Å². The van der Waals surface area contributed by atoms with Crippen LogP contribution in [0.1, 0.15) is 18.2 Å². The van der Waals surface area contributed by atoms with Crippen LogP contribution < -0.4 is 20.7 Å². The third kappa shape index (κ3) is 5.78. The molecule has 1 saturated heterocycles. The predicted octanol–water partition coefficient (Wildman–Crippen LogP) is 3.00. The molecule has 33 heavy (non-hydrogen) atoms. The number of hydrogen-bond acceptors (Lipinski definition) is 8. The van der Waals surface area contributed by atoms with Gasteiger partial charge in [0, 0.05) is 55.5 Å². The molecule has 4 rings (SSSR count). The zero-order chi connectivity index (χ0) is 23.2. The summed E-state index contributed by atoms with van der Waals surface area (Å²) >= 11 is 6.16. The lowest BCUT2D eigenvalue weighted by molar-refractivity contribution is 0.207. The van der Waals surface area contributed by atoms with Crippen LogP contribution in [0.2, 0.25) is 5.02 Å². The number of nitrogens with zero attached hydrogens (tertiary/aromatic N) is 6. The van der Waals surface area contributed by atoms with Crippen molar-refractivity contribution in [3.63, 3.8) is 0 Å². The van der Waals surface area contributed by atoms with Crippen molar-refractivity contribution in [2.24, 2.45) is 0 Å². The lowest BCUT2D eigenvalue weighted by atomic mass is 10.1. The van der Waals surface area contributed by atoms with Crippen molar-refractivity contribution in [2.45, 2.75) is 20.0 Å². The SMILES string of the molecule is CCc1cc(Cl)cc(NC(=O)N2CCN(c3nccnc3OCc3ccnc(N)n3)CC2)c1. The molecule has 10 nitrogen and oxygen atoms in total. The van der Waals surface area contributed by atoms with E-state index in [0.717, 1.165) is 12.0 Å². The highest BCUT2D eigenvalue weighted by molar-refractivity contribution is 6.31. The number of halogens is 1. The van der Waals surface area contributed by atoms with Gasteiger partial charge in [0.25, 0.3) is 5.88 Å². The Morgan fingerprint density at radius 3 is 2.67 bits per heavy atom. The van der Waals surface area contributed by atoms with Crippen LogP contribution in [-0.4, -0.2) is 57.0 Å². The third-order valence-corrected chi connectivity index (χ3v) is 5.44. The summed E-state index contributed by atoms with van der Waals surface area (Å²) in [4.78, 5) is 33.3. The number of benzene rings is 1. The molecule has 11 heteroatoms. The van der Waals surface area contributed by atoms with Crippen LogP contribution in [0.3, 0.4) is 0 Å². The van der Waals surface area contributed by atoms with E-state index in [1.165, 1.54) is 0 Å². The van der Waals surface area contributed by atoms with Gasteiger partial charge in [0.15, 0.2) is 5.82 Å².